The Balaban J connectivity index is 2.88. The summed E-state index contributed by atoms with van der Waals surface area (Å²) in [5.74, 6) is -1.16. The van der Waals surface area contributed by atoms with E-state index < -0.39 is 11.7 Å². The van der Waals surface area contributed by atoms with Crippen molar-refractivity contribution < 1.29 is 9.18 Å². The monoisotopic (exact) mass is 244 g/mol. The van der Waals surface area contributed by atoms with Crippen molar-refractivity contribution in [1.82, 2.24) is 5.32 Å². The van der Waals surface area contributed by atoms with E-state index in [1.807, 2.05) is 6.92 Å². The van der Waals surface area contributed by atoms with Crippen LogP contribution in [0.4, 0.5) is 4.39 Å². The first kappa shape index (κ1) is 12.9. The zero-order valence-electron chi connectivity index (χ0n) is 8.97. The van der Waals surface area contributed by atoms with Crippen LogP contribution in [0.5, 0.6) is 0 Å². The van der Waals surface area contributed by atoms with Crippen molar-refractivity contribution in [1.29, 1.82) is 0 Å². The van der Waals surface area contributed by atoms with Crippen LogP contribution < -0.4 is 11.1 Å². The Hall–Kier alpha value is -1.13. The number of halogens is 2. The molecule has 0 aromatic heterocycles. The van der Waals surface area contributed by atoms with Crippen molar-refractivity contribution in [2.24, 2.45) is 5.73 Å². The van der Waals surface area contributed by atoms with Crippen LogP contribution in [0.25, 0.3) is 0 Å². The van der Waals surface area contributed by atoms with Crippen LogP contribution in [-0.2, 0) is 0 Å². The molecular formula is C11H14ClFN2O. The molecule has 1 aromatic carbocycles. The fourth-order valence-electron chi connectivity index (χ4n) is 1.30. The second-order valence-corrected chi connectivity index (χ2v) is 3.82. The third-order valence-corrected chi connectivity index (χ3v) is 2.62. The maximum Gasteiger partial charge on any atom is 0.256 e. The number of nitrogens with one attached hydrogen (secondary N) is 1. The van der Waals surface area contributed by atoms with Gasteiger partial charge in [-0.2, -0.15) is 0 Å². The maximum atomic E-state index is 13.4. The average Bonchev–Trinajstić information content (AvgIpc) is 2.25. The molecule has 0 heterocycles. The van der Waals surface area contributed by atoms with Crippen LogP contribution in [0.15, 0.2) is 18.2 Å². The minimum atomic E-state index is -0.628. The minimum Gasteiger partial charge on any atom is -0.348 e. The fourth-order valence-corrected chi connectivity index (χ4v) is 1.55. The van der Waals surface area contributed by atoms with Crippen molar-refractivity contribution in [3.05, 3.63) is 34.6 Å². The molecule has 1 amide bonds. The van der Waals surface area contributed by atoms with Crippen molar-refractivity contribution in [3.63, 3.8) is 0 Å². The molecule has 0 saturated carbocycles. The molecule has 1 atom stereocenters. The van der Waals surface area contributed by atoms with Crippen molar-refractivity contribution in [3.8, 4) is 0 Å². The Morgan fingerprint density at radius 2 is 2.31 bits per heavy atom. The molecule has 0 radical (unpaired) electrons. The highest BCUT2D eigenvalue weighted by atomic mass is 35.5. The molecule has 1 unspecified atom stereocenters. The van der Waals surface area contributed by atoms with Gasteiger partial charge in [-0.1, -0.05) is 24.6 Å². The van der Waals surface area contributed by atoms with E-state index in [1.54, 1.807) is 0 Å². The summed E-state index contributed by atoms with van der Waals surface area (Å²) in [5, 5.41) is 2.73. The van der Waals surface area contributed by atoms with Gasteiger partial charge in [-0.05, 0) is 18.6 Å². The number of benzene rings is 1. The molecule has 0 aliphatic heterocycles. The van der Waals surface area contributed by atoms with E-state index >= 15 is 0 Å². The third kappa shape index (κ3) is 2.93. The number of carbonyl (C=O) groups is 1. The van der Waals surface area contributed by atoms with Gasteiger partial charge in [0, 0.05) is 12.6 Å². The summed E-state index contributed by atoms with van der Waals surface area (Å²) in [6.07, 6.45) is 0.689. The lowest BCUT2D eigenvalue weighted by atomic mass is 10.1. The molecule has 3 N–H and O–H groups in total. The maximum absolute atomic E-state index is 13.4. The molecule has 0 bridgehead atoms. The van der Waals surface area contributed by atoms with Crippen molar-refractivity contribution >= 4 is 17.5 Å². The normalized spacial score (nSPS) is 12.2. The number of carbonyl (C=O) groups excluding carboxylic acids is 1. The predicted molar refractivity (Wildman–Crippen MR) is 62.0 cm³/mol. The predicted octanol–water partition coefficient (Wildman–Crippen LogP) is 1.95. The highest BCUT2D eigenvalue weighted by molar-refractivity contribution is 6.33. The molecule has 0 aliphatic carbocycles. The lowest BCUT2D eigenvalue weighted by Gasteiger charge is -2.15. The Morgan fingerprint density at radius 3 is 2.81 bits per heavy atom. The Morgan fingerprint density at radius 1 is 1.62 bits per heavy atom. The van der Waals surface area contributed by atoms with Crippen molar-refractivity contribution in [2.75, 3.05) is 6.54 Å². The van der Waals surface area contributed by atoms with E-state index in [9.17, 15) is 9.18 Å². The highest BCUT2D eigenvalue weighted by Crippen LogP contribution is 2.18. The third-order valence-electron chi connectivity index (χ3n) is 2.30. The van der Waals surface area contributed by atoms with Crippen LogP contribution in [0, 0.1) is 5.82 Å². The Bertz CT molecular complexity index is 360. The Labute approximate surface area is 98.8 Å². The van der Waals surface area contributed by atoms with Gasteiger partial charge in [-0.3, -0.25) is 4.79 Å². The Kier molecular flexibility index (Phi) is 4.71. The zero-order valence-corrected chi connectivity index (χ0v) is 9.72. The summed E-state index contributed by atoms with van der Waals surface area (Å²) < 4.78 is 13.4. The van der Waals surface area contributed by atoms with E-state index in [2.05, 4.69) is 5.32 Å². The number of amides is 1. The molecule has 0 spiro atoms. The summed E-state index contributed by atoms with van der Waals surface area (Å²) in [7, 11) is 0. The largest absolute Gasteiger partial charge is 0.348 e. The van der Waals surface area contributed by atoms with E-state index in [0.717, 1.165) is 0 Å². The lowest BCUT2D eigenvalue weighted by molar-refractivity contribution is 0.0933. The van der Waals surface area contributed by atoms with E-state index in [0.29, 0.717) is 13.0 Å². The van der Waals surface area contributed by atoms with Gasteiger partial charge in [0.2, 0.25) is 0 Å². The number of rotatable bonds is 4. The fraction of sp³-hybridized carbons (Fsp3) is 0.364. The molecule has 0 aliphatic rings. The second kappa shape index (κ2) is 5.82. The van der Waals surface area contributed by atoms with Gasteiger partial charge in [0.05, 0.1) is 10.6 Å². The number of nitrogens with two attached hydrogens (primary N) is 1. The summed E-state index contributed by atoms with van der Waals surface area (Å²) in [6.45, 7) is 2.20. The molecule has 1 aromatic rings. The number of hydrogen-bond acceptors (Lipinski definition) is 2. The molecule has 5 heteroatoms. The number of hydrogen-bond donors (Lipinski definition) is 2. The molecule has 0 fully saturated rings. The van der Waals surface area contributed by atoms with Gasteiger partial charge in [0.25, 0.3) is 5.91 Å². The van der Waals surface area contributed by atoms with Gasteiger partial charge < -0.3 is 11.1 Å². The highest BCUT2D eigenvalue weighted by Gasteiger charge is 2.17. The van der Waals surface area contributed by atoms with Crippen LogP contribution in [0.2, 0.25) is 5.02 Å². The van der Waals surface area contributed by atoms with Crippen LogP contribution >= 0.6 is 11.6 Å². The van der Waals surface area contributed by atoms with Crippen LogP contribution in [0.3, 0.4) is 0 Å². The van der Waals surface area contributed by atoms with Crippen LogP contribution in [-0.4, -0.2) is 18.5 Å². The quantitative estimate of drug-likeness (QED) is 0.851. The van der Waals surface area contributed by atoms with Gasteiger partial charge >= 0.3 is 0 Å². The summed E-state index contributed by atoms with van der Waals surface area (Å²) >= 11 is 5.76. The molecule has 0 saturated heterocycles. The average molecular weight is 245 g/mol. The van der Waals surface area contributed by atoms with E-state index in [4.69, 9.17) is 17.3 Å². The standard InChI is InChI=1S/C11H14ClFN2O/c1-2-7(6-14)15-11(16)10-8(12)4-3-5-9(10)13/h3-5,7H,2,6,14H2,1H3,(H,15,16). The summed E-state index contributed by atoms with van der Waals surface area (Å²) in [6, 6.07) is 3.96. The summed E-state index contributed by atoms with van der Waals surface area (Å²) in [5.41, 5.74) is 5.32. The molecule has 16 heavy (non-hydrogen) atoms. The van der Waals surface area contributed by atoms with Crippen LogP contribution in [0.1, 0.15) is 23.7 Å². The van der Waals surface area contributed by atoms with E-state index in [1.165, 1.54) is 18.2 Å². The second-order valence-electron chi connectivity index (χ2n) is 3.41. The summed E-state index contributed by atoms with van der Waals surface area (Å²) in [4.78, 5) is 11.7. The first-order valence-electron chi connectivity index (χ1n) is 5.05. The lowest BCUT2D eigenvalue weighted by Crippen LogP contribution is -2.40. The molecule has 88 valence electrons. The van der Waals surface area contributed by atoms with Gasteiger partial charge in [-0.15, -0.1) is 0 Å². The van der Waals surface area contributed by atoms with Gasteiger partial charge in [0.1, 0.15) is 5.82 Å². The van der Waals surface area contributed by atoms with E-state index in [-0.39, 0.29) is 16.6 Å². The smallest absolute Gasteiger partial charge is 0.256 e. The van der Waals surface area contributed by atoms with Crippen molar-refractivity contribution in [2.45, 2.75) is 19.4 Å². The first-order valence-corrected chi connectivity index (χ1v) is 5.42. The topological polar surface area (TPSA) is 55.1 Å². The van der Waals surface area contributed by atoms with Gasteiger partial charge in [0.15, 0.2) is 0 Å². The zero-order chi connectivity index (χ0) is 12.1. The molecule has 1 rings (SSSR count). The molecule has 3 nitrogen and oxygen atoms in total. The van der Waals surface area contributed by atoms with Gasteiger partial charge in [-0.25, -0.2) is 4.39 Å². The first-order chi connectivity index (χ1) is 7.60. The molecular weight excluding hydrogens is 231 g/mol. The minimum absolute atomic E-state index is 0.101. The SMILES string of the molecule is CCC(CN)NC(=O)c1c(F)cccc1Cl.